The van der Waals surface area contributed by atoms with Crippen LogP contribution in [0.15, 0.2) is 58.8 Å². The third-order valence-electron chi connectivity index (χ3n) is 5.03. The van der Waals surface area contributed by atoms with Gasteiger partial charge in [-0.3, -0.25) is 14.4 Å². The maximum Gasteiger partial charge on any atom is 0.259 e. The summed E-state index contributed by atoms with van der Waals surface area (Å²) in [6, 6.07) is 14.0. The zero-order chi connectivity index (χ0) is 22.0. The Bertz CT molecular complexity index is 1180. The highest BCUT2D eigenvalue weighted by molar-refractivity contribution is 7.98. The van der Waals surface area contributed by atoms with E-state index in [1.165, 1.54) is 23.1 Å². The molecule has 158 valence electrons. The van der Waals surface area contributed by atoms with Gasteiger partial charge in [0.05, 0.1) is 26.7 Å². The quantitative estimate of drug-likeness (QED) is 0.475. The Morgan fingerprint density at radius 1 is 1.13 bits per heavy atom. The van der Waals surface area contributed by atoms with Gasteiger partial charge in [-0.1, -0.05) is 23.7 Å². The number of thiophene rings is 1. The van der Waals surface area contributed by atoms with E-state index in [4.69, 9.17) is 11.6 Å². The first-order chi connectivity index (χ1) is 15.0. The number of ketones is 1. The minimum absolute atomic E-state index is 0.0648. The summed E-state index contributed by atoms with van der Waals surface area (Å²) in [6.07, 6.45) is 2.94. The molecule has 0 saturated carbocycles. The van der Waals surface area contributed by atoms with Crippen molar-refractivity contribution in [2.24, 2.45) is 0 Å². The first-order valence-electron chi connectivity index (χ1n) is 9.66. The molecule has 8 heteroatoms. The van der Waals surface area contributed by atoms with Gasteiger partial charge in [0, 0.05) is 23.5 Å². The van der Waals surface area contributed by atoms with E-state index in [2.05, 4.69) is 5.32 Å². The van der Waals surface area contributed by atoms with Crippen LogP contribution >= 0.6 is 34.7 Å². The van der Waals surface area contributed by atoms with Crippen LogP contribution in [0.25, 0.3) is 0 Å². The number of halogens is 1. The van der Waals surface area contributed by atoms with Gasteiger partial charge in [-0.05, 0) is 54.5 Å². The van der Waals surface area contributed by atoms with Crippen molar-refractivity contribution in [1.29, 1.82) is 0 Å². The zero-order valence-electron chi connectivity index (χ0n) is 16.7. The molecule has 0 fully saturated rings. The minimum atomic E-state index is -0.259. The van der Waals surface area contributed by atoms with Crippen LogP contribution in [0.4, 0.5) is 11.4 Å². The molecular weight excluding hydrogens is 452 g/mol. The number of nitrogens with one attached hydrogen (secondary N) is 1. The summed E-state index contributed by atoms with van der Waals surface area (Å²) in [5.74, 6) is -0.436. The Kier molecular flexibility index (Phi) is 6.46. The maximum absolute atomic E-state index is 13.2. The molecule has 4 rings (SSSR count). The van der Waals surface area contributed by atoms with Crippen LogP contribution in [0.1, 0.15) is 43.2 Å². The van der Waals surface area contributed by atoms with Crippen LogP contribution in [-0.2, 0) is 0 Å². The smallest absolute Gasteiger partial charge is 0.259 e. The van der Waals surface area contributed by atoms with Crippen molar-refractivity contribution in [3.63, 3.8) is 0 Å². The van der Waals surface area contributed by atoms with E-state index in [9.17, 15) is 14.4 Å². The lowest BCUT2D eigenvalue weighted by Crippen LogP contribution is -2.31. The van der Waals surface area contributed by atoms with Crippen LogP contribution in [0.2, 0.25) is 5.02 Å². The number of carbonyl (C=O) groups excluding carboxylic acids is 3. The molecule has 2 amide bonds. The summed E-state index contributed by atoms with van der Waals surface area (Å²) < 4.78 is 0. The first kappa shape index (κ1) is 21.6. The van der Waals surface area contributed by atoms with Gasteiger partial charge in [0.25, 0.3) is 11.8 Å². The number of Topliss-reactive ketones (excluding diaryl/α,β-unsaturated/α-hetero) is 1. The second kappa shape index (κ2) is 9.26. The highest BCUT2D eigenvalue weighted by Crippen LogP contribution is 2.33. The lowest BCUT2D eigenvalue weighted by molar-refractivity contribution is 0.0975. The normalized spacial score (nSPS) is 13.5. The van der Waals surface area contributed by atoms with Gasteiger partial charge in [0.1, 0.15) is 0 Å². The second-order valence-corrected chi connectivity index (χ2v) is 9.14. The van der Waals surface area contributed by atoms with Gasteiger partial charge in [0.15, 0.2) is 5.78 Å². The van der Waals surface area contributed by atoms with Crippen LogP contribution in [0, 0.1) is 0 Å². The molecule has 1 aliphatic rings. The summed E-state index contributed by atoms with van der Waals surface area (Å²) in [7, 11) is 0. The molecule has 0 unspecified atom stereocenters. The number of nitrogens with zero attached hydrogens (tertiary/aromatic N) is 1. The van der Waals surface area contributed by atoms with E-state index in [0.29, 0.717) is 46.8 Å². The molecule has 3 aromatic rings. The summed E-state index contributed by atoms with van der Waals surface area (Å²) in [6.45, 7) is 0.453. The lowest BCUT2D eigenvalue weighted by atomic mass is 10.1. The highest BCUT2D eigenvalue weighted by Gasteiger charge is 2.28. The molecule has 31 heavy (non-hydrogen) atoms. The summed E-state index contributed by atoms with van der Waals surface area (Å²) >= 11 is 9.28. The molecule has 5 nitrogen and oxygen atoms in total. The van der Waals surface area contributed by atoms with Crippen LogP contribution in [0.3, 0.4) is 0 Å². The SMILES string of the molecule is CSc1ccccc1C(=O)Nc1ccc(C(=O)N2CCCC(=O)c3sccc32)c(Cl)c1. The first-order valence-corrected chi connectivity index (χ1v) is 12.1. The molecule has 0 aliphatic carbocycles. The van der Waals surface area contributed by atoms with Gasteiger partial charge in [-0.25, -0.2) is 0 Å². The molecule has 0 atom stereocenters. The molecule has 0 saturated heterocycles. The Balaban J connectivity index is 1.57. The number of carbonyl (C=O) groups is 3. The number of amides is 2. The van der Waals surface area contributed by atoms with Crippen molar-refractivity contribution < 1.29 is 14.4 Å². The number of hydrogen-bond donors (Lipinski definition) is 1. The topological polar surface area (TPSA) is 66.5 Å². The van der Waals surface area contributed by atoms with E-state index in [1.54, 1.807) is 35.2 Å². The number of hydrogen-bond acceptors (Lipinski definition) is 5. The summed E-state index contributed by atoms with van der Waals surface area (Å²) in [4.78, 5) is 41.3. The van der Waals surface area contributed by atoms with Gasteiger partial charge in [-0.15, -0.1) is 23.1 Å². The Morgan fingerprint density at radius 3 is 2.71 bits per heavy atom. The fourth-order valence-electron chi connectivity index (χ4n) is 3.51. The van der Waals surface area contributed by atoms with Crippen molar-refractivity contribution >= 4 is 63.7 Å². The largest absolute Gasteiger partial charge is 0.322 e. The lowest BCUT2D eigenvalue weighted by Gasteiger charge is -2.21. The van der Waals surface area contributed by atoms with Crippen LogP contribution < -0.4 is 10.2 Å². The third kappa shape index (κ3) is 4.39. The molecule has 1 aliphatic heterocycles. The van der Waals surface area contributed by atoms with Gasteiger partial charge in [-0.2, -0.15) is 0 Å². The Hall–Kier alpha value is -2.61. The number of rotatable bonds is 4. The van der Waals surface area contributed by atoms with Gasteiger partial charge >= 0.3 is 0 Å². The molecule has 0 bridgehead atoms. The minimum Gasteiger partial charge on any atom is -0.322 e. The maximum atomic E-state index is 13.2. The molecule has 2 aromatic carbocycles. The Morgan fingerprint density at radius 2 is 1.94 bits per heavy atom. The average Bonchev–Trinajstić information content (AvgIpc) is 3.20. The third-order valence-corrected chi connectivity index (χ3v) is 7.08. The molecule has 0 radical (unpaired) electrons. The molecule has 0 spiro atoms. The van der Waals surface area contributed by atoms with E-state index in [1.807, 2.05) is 29.8 Å². The van der Waals surface area contributed by atoms with Crippen molar-refractivity contribution in [2.45, 2.75) is 17.7 Å². The highest BCUT2D eigenvalue weighted by atomic mass is 35.5. The van der Waals surface area contributed by atoms with Crippen molar-refractivity contribution in [2.75, 3.05) is 23.0 Å². The predicted octanol–water partition coefficient (Wildman–Crippen LogP) is 6.00. The fraction of sp³-hybridized carbons (Fsp3) is 0.174. The average molecular weight is 471 g/mol. The van der Waals surface area contributed by atoms with E-state index in [-0.39, 0.29) is 22.6 Å². The second-order valence-electron chi connectivity index (χ2n) is 6.97. The predicted molar refractivity (Wildman–Crippen MR) is 127 cm³/mol. The van der Waals surface area contributed by atoms with E-state index >= 15 is 0 Å². The van der Waals surface area contributed by atoms with Crippen LogP contribution in [-0.4, -0.2) is 30.4 Å². The van der Waals surface area contributed by atoms with Crippen molar-refractivity contribution in [1.82, 2.24) is 0 Å². The summed E-state index contributed by atoms with van der Waals surface area (Å²) in [5.41, 5.74) is 2.05. The van der Waals surface area contributed by atoms with E-state index in [0.717, 1.165) is 4.90 Å². The molecule has 2 heterocycles. The fourth-order valence-corrected chi connectivity index (χ4v) is 5.23. The van der Waals surface area contributed by atoms with Crippen LogP contribution in [0.5, 0.6) is 0 Å². The summed E-state index contributed by atoms with van der Waals surface area (Å²) in [5, 5.41) is 4.91. The zero-order valence-corrected chi connectivity index (χ0v) is 19.1. The molecular formula is C23H19ClN2O3S2. The molecule has 1 N–H and O–H groups in total. The van der Waals surface area contributed by atoms with Crippen molar-refractivity contribution in [3.05, 3.63) is 74.9 Å². The number of thioether (sulfide) groups is 1. The van der Waals surface area contributed by atoms with Crippen molar-refractivity contribution in [3.8, 4) is 0 Å². The van der Waals surface area contributed by atoms with Gasteiger partial charge in [0.2, 0.25) is 0 Å². The number of anilines is 2. The van der Waals surface area contributed by atoms with Gasteiger partial charge < -0.3 is 10.2 Å². The monoisotopic (exact) mass is 470 g/mol. The number of fused-ring (bicyclic) bond motifs is 1. The Labute approximate surface area is 193 Å². The number of benzene rings is 2. The van der Waals surface area contributed by atoms with E-state index < -0.39 is 0 Å². The molecule has 1 aromatic heterocycles. The standard InChI is InChI=1S/C23H19ClN2O3S2/c1-30-20-7-3-2-5-16(20)22(28)25-14-8-9-15(17(24)13-14)23(29)26-11-4-6-19(27)21-18(26)10-12-31-21/h2-3,5,7-10,12-13H,4,6,11H2,1H3,(H,25,28).